The van der Waals surface area contributed by atoms with Gasteiger partial charge >= 0.3 is 0 Å². The molecule has 1 aromatic heterocycles. The molecule has 92 valence electrons. The number of nitrogens with one attached hydrogen (secondary N) is 1. The van der Waals surface area contributed by atoms with Crippen molar-refractivity contribution in [2.75, 3.05) is 11.9 Å². The van der Waals surface area contributed by atoms with Crippen molar-refractivity contribution >= 4 is 38.7 Å². The highest BCUT2D eigenvalue weighted by Gasteiger charge is 2.20. The second-order valence-electron chi connectivity index (χ2n) is 4.32. The lowest BCUT2D eigenvalue weighted by molar-refractivity contribution is 0.103. The van der Waals surface area contributed by atoms with Gasteiger partial charge in [-0.05, 0) is 40.4 Å². The number of anilines is 1. The van der Waals surface area contributed by atoms with Crippen LogP contribution in [0.4, 0.5) is 5.69 Å². The Bertz CT molecular complexity index is 606. The van der Waals surface area contributed by atoms with Crippen molar-refractivity contribution in [3.63, 3.8) is 0 Å². The lowest BCUT2D eigenvalue weighted by Crippen LogP contribution is -2.15. The van der Waals surface area contributed by atoms with Crippen LogP contribution in [0.1, 0.15) is 27.9 Å². The Balaban J connectivity index is 2.07. The standard InChI is InChI=1S/C14H12BrNOS/c15-12-8-18-7-11(12)14(17)10-3-1-5-13-9(10)4-2-6-16-13/h1,3,5,7-8,16H,2,4,6H2. The molecule has 18 heavy (non-hydrogen) atoms. The minimum atomic E-state index is 0.115. The Hall–Kier alpha value is -1.13. The van der Waals surface area contributed by atoms with Crippen LogP contribution in [-0.4, -0.2) is 12.3 Å². The highest BCUT2D eigenvalue weighted by molar-refractivity contribution is 9.10. The van der Waals surface area contributed by atoms with E-state index in [-0.39, 0.29) is 5.78 Å². The Kier molecular flexibility index (Phi) is 3.22. The number of rotatable bonds is 2. The maximum absolute atomic E-state index is 12.5. The SMILES string of the molecule is O=C(c1cscc1Br)c1cccc2c1CCCN2. The second kappa shape index (κ2) is 4.86. The van der Waals surface area contributed by atoms with Crippen LogP contribution in [-0.2, 0) is 6.42 Å². The van der Waals surface area contributed by atoms with Gasteiger partial charge in [-0.25, -0.2) is 0 Å². The number of hydrogen-bond acceptors (Lipinski definition) is 3. The van der Waals surface area contributed by atoms with E-state index >= 15 is 0 Å². The summed E-state index contributed by atoms with van der Waals surface area (Å²) in [6.45, 7) is 0.993. The first-order valence-electron chi connectivity index (χ1n) is 5.89. The van der Waals surface area contributed by atoms with Crippen molar-refractivity contribution in [1.29, 1.82) is 0 Å². The molecule has 1 N–H and O–H groups in total. The van der Waals surface area contributed by atoms with Gasteiger partial charge in [0.15, 0.2) is 5.78 Å². The Morgan fingerprint density at radius 2 is 2.17 bits per heavy atom. The molecule has 0 unspecified atom stereocenters. The molecule has 2 nitrogen and oxygen atoms in total. The van der Waals surface area contributed by atoms with Gasteiger partial charge in [-0.2, -0.15) is 11.3 Å². The molecule has 1 aromatic carbocycles. The van der Waals surface area contributed by atoms with Crippen LogP contribution in [0.3, 0.4) is 0 Å². The molecule has 0 radical (unpaired) electrons. The fraction of sp³-hybridized carbons (Fsp3) is 0.214. The summed E-state index contributed by atoms with van der Waals surface area (Å²) < 4.78 is 0.888. The normalized spacial score (nSPS) is 13.8. The van der Waals surface area contributed by atoms with Crippen molar-refractivity contribution in [2.45, 2.75) is 12.8 Å². The molecule has 2 heterocycles. The van der Waals surface area contributed by atoms with E-state index in [1.807, 2.05) is 29.0 Å². The van der Waals surface area contributed by atoms with E-state index in [4.69, 9.17) is 0 Å². The molecule has 0 atom stereocenters. The fourth-order valence-corrected chi connectivity index (χ4v) is 3.77. The van der Waals surface area contributed by atoms with E-state index in [0.717, 1.165) is 46.2 Å². The first-order chi connectivity index (χ1) is 8.77. The number of halogens is 1. The molecule has 0 saturated heterocycles. The molecule has 2 aromatic rings. The predicted octanol–water partition coefficient (Wildman–Crippen LogP) is 4.10. The quantitative estimate of drug-likeness (QED) is 0.844. The predicted molar refractivity (Wildman–Crippen MR) is 78.7 cm³/mol. The molecule has 1 aliphatic rings. The summed E-state index contributed by atoms with van der Waals surface area (Å²) >= 11 is 4.98. The van der Waals surface area contributed by atoms with E-state index in [1.54, 1.807) is 11.3 Å². The lowest BCUT2D eigenvalue weighted by atomic mass is 9.93. The average molecular weight is 322 g/mol. The first kappa shape index (κ1) is 11.9. The van der Waals surface area contributed by atoms with Gasteiger partial charge in [-0.15, -0.1) is 0 Å². The molecule has 0 amide bonds. The number of carbonyl (C=O) groups excluding carboxylic acids is 1. The monoisotopic (exact) mass is 321 g/mol. The summed E-state index contributed by atoms with van der Waals surface area (Å²) in [6, 6.07) is 5.93. The van der Waals surface area contributed by atoms with Crippen LogP contribution in [0.2, 0.25) is 0 Å². The lowest BCUT2D eigenvalue weighted by Gasteiger charge is -2.20. The van der Waals surface area contributed by atoms with Crippen LogP contribution in [0.25, 0.3) is 0 Å². The van der Waals surface area contributed by atoms with Crippen LogP contribution in [0, 0.1) is 0 Å². The number of hydrogen-bond donors (Lipinski definition) is 1. The largest absolute Gasteiger partial charge is 0.385 e. The Morgan fingerprint density at radius 3 is 2.94 bits per heavy atom. The number of ketones is 1. The van der Waals surface area contributed by atoms with Crippen LogP contribution >= 0.6 is 27.3 Å². The molecular formula is C14H12BrNOS. The molecular weight excluding hydrogens is 310 g/mol. The van der Waals surface area contributed by atoms with E-state index < -0.39 is 0 Å². The van der Waals surface area contributed by atoms with Gasteiger partial charge in [-0.1, -0.05) is 12.1 Å². The van der Waals surface area contributed by atoms with E-state index in [2.05, 4.69) is 21.2 Å². The van der Waals surface area contributed by atoms with Crippen LogP contribution < -0.4 is 5.32 Å². The molecule has 0 saturated carbocycles. The van der Waals surface area contributed by atoms with Crippen LogP contribution in [0.15, 0.2) is 33.4 Å². The fourth-order valence-electron chi connectivity index (χ4n) is 2.31. The summed E-state index contributed by atoms with van der Waals surface area (Å²) in [6.07, 6.45) is 2.06. The van der Waals surface area contributed by atoms with Gasteiger partial charge in [-0.3, -0.25) is 4.79 Å². The third-order valence-corrected chi connectivity index (χ3v) is 4.90. The molecule has 0 bridgehead atoms. The minimum absolute atomic E-state index is 0.115. The molecule has 1 aliphatic heterocycles. The third-order valence-electron chi connectivity index (χ3n) is 3.20. The average Bonchev–Trinajstić information content (AvgIpc) is 2.83. The highest BCUT2D eigenvalue weighted by Crippen LogP contribution is 2.30. The molecule has 0 spiro atoms. The first-order valence-corrected chi connectivity index (χ1v) is 7.63. The highest BCUT2D eigenvalue weighted by atomic mass is 79.9. The zero-order chi connectivity index (χ0) is 12.5. The van der Waals surface area contributed by atoms with E-state index in [0.29, 0.717) is 0 Å². The summed E-state index contributed by atoms with van der Waals surface area (Å²) in [5.74, 6) is 0.115. The van der Waals surface area contributed by atoms with Gasteiger partial charge in [0, 0.05) is 38.6 Å². The van der Waals surface area contributed by atoms with Gasteiger partial charge in [0.2, 0.25) is 0 Å². The Morgan fingerprint density at radius 1 is 1.28 bits per heavy atom. The summed E-state index contributed by atoms with van der Waals surface area (Å²) in [5, 5.41) is 7.21. The maximum Gasteiger partial charge on any atom is 0.195 e. The van der Waals surface area contributed by atoms with Crippen molar-refractivity contribution in [3.05, 3.63) is 50.1 Å². The number of thiophene rings is 1. The third kappa shape index (κ3) is 1.99. The van der Waals surface area contributed by atoms with Gasteiger partial charge in [0.25, 0.3) is 0 Å². The molecule has 4 heteroatoms. The zero-order valence-electron chi connectivity index (χ0n) is 9.70. The van der Waals surface area contributed by atoms with E-state index in [9.17, 15) is 4.79 Å². The van der Waals surface area contributed by atoms with Gasteiger partial charge < -0.3 is 5.32 Å². The van der Waals surface area contributed by atoms with Crippen molar-refractivity contribution in [2.24, 2.45) is 0 Å². The van der Waals surface area contributed by atoms with Crippen molar-refractivity contribution in [1.82, 2.24) is 0 Å². The summed E-state index contributed by atoms with van der Waals surface area (Å²) in [4.78, 5) is 12.5. The van der Waals surface area contributed by atoms with Gasteiger partial charge in [0.05, 0.1) is 0 Å². The number of benzene rings is 1. The van der Waals surface area contributed by atoms with Gasteiger partial charge in [0.1, 0.15) is 0 Å². The second-order valence-corrected chi connectivity index (χ2v) is 5.92. The number of fused-ring (bicyclic) bond motifs is 1. The minimum Gasteiger partial charge on any atom is -0.385 e. The zero-order valence-corrected chi connectivity index (χ0v) is 12.1. The Labute approximate surface area is 118 Å². The van der Waals surface area contributed by atoms with Crippen molar-refractivity contribution in [3.8, 4) is 0 Å². The van der Waals surface area contributed by atoms with E-state index in [1.165, 1.54) is 0 Å². The van der Waals surface area contributed by atoms with Crippen molar-refractivity contribution < 1.29 is 4.79 Å². The van der Waals surface area contributed by atoms with Crippen LogP contribution in [0.5, 0.6) is 0 Å². The maximum atomic E-state index is 12.5. The smallest absolute Gasteiger partial charge is 0.195 e. The number of carbonyl (C=O) groups is 1. The summed E-state index contributed by atoms with van der Waals surface area (Å²) in [5.41, 5.74) is 3.86. The topological polar surface area (TPSA) is 29.1 Å². The molecule has 0 aliphatic carbocycles. The molecule has 3 rings (SSSR count). The molecule has 0 fully saturated rings. The summed E-state index contributed by atoms with van der Waals surface area (Å²) in [7, 11) is 0.